The molecule has 90 valence electrons. The third-order valence-electron chi connectivity index (χ3n) is 2.85. The van der Waals surface area contributed by atoms with Crippen molar-refractivity contribution >= 4 is 5.82 Å². The molecular weight excluding hydrogens is 222 g/mol. The van der Waals surface area contributed by atoms with Crippen molar-refractivity contribution in [3.8, 4) is 6.07 Å². The van der Waals surface area contributed by atoms with Gasteiger partial charge < -0.3 is 5.32 Å². The predicted molar refractivity (Wildman–Crippen MR) is 72.3 cm³/mol. The lowest BCUT2D eigenvalue weighted by atomic mass is 10.1. The van der Waals surface area contributed by atoms with Crippen LogP contribution in [0.3, 0.4) is 0 Å². The Hall–Kier alpha value is -2.34. The third kappa shape index (κ3) is 3.08. The molecule has 0 aliphatic rings. The zero-order valence-electron chi connectivity index (χ0n) is 10.4. The number of pyridine rings is 1. The van der Waals surface area contributed by atoms with E-state index in [1.54, 1.807) is 12.3 Å². The third-order valence-corrected chi connectivity index (χ3v) is 2.85. The number of nitrogens with one attached hydrogen (secondary N) is 1. The molecule has 1 aromatic heterocycles. The van der Waals surface area contributed by atoms with Gasteiger partial charge in [0.2, 0.25) is 0 Å². The highest BCUT2D eigenvalue weighted by Gasteiger charge is 1.98. The van der Waals surface area contributed by atoms with Crippen LogP contribution in [0.4, 0.5) is 5.82 Å². The van der Waals surface area contributed by atoms with Gasteiger partial charge in [-0.1, -0.05) is 24.3 Å². The summed E-state index contributed by atoms with van der Waals surface area (Å²) in [4.78, 5) is 4.17. The summed E-state index contributed by atoms with van der Waals surface area (Å²) in [7, 11) is 0. The second kappa shape index (κ2) is 5.83. The maximum atomic E-state index is 8.67. The molecular formula is C15H15N3. The van der Waals surface area contributed by atoms with E-state index in [1.165, 1.54) is 11.1 Å². The molecule has 0 saturated carbocycles. The zero-order valence-corrected chi connectivity index (χ0v) is 10.4. The summed E-state index contributed by atoms with van der Waals surface area (Å²) in [5, 5.41) is 11.9. The second-order valence-corrected chi connectivity index (χ2v) is 4.15. The zero-order chi connectivity index (χ0) is 12.8. The number of hydrogen-bond acceptors (Lipinski definition) is 3. The van der Waals surface area contributed by atoms with E-state index in [9.17, 15) is 0 Å². The summed E-state index contributed by atoms with van der Waals surface area (Å²) in [6.45, 7) is 2.96. The van der Waals surface area contributed by atoms with Crippen molar-refractivity contribution in [2.45, 2.75) is 13.3 Å². The van der Waals surface area contributed by atoms with Crippen LogP contribution in [-0.2, 0) is 6.42 Å². The fourth-order valence-corrected chi connectivity index (χ4v) is 1.78. The van der Waals surface area contributed by atoms with E-state index in [4.69, 9.17) is 5.26 Å². The Balaban J connectivity index is 1.89. The molecule has 2 rings (SSSR count). The topological polar surface area (TPSA) is 48.7 Å². The first-order chi connectivity index (χ1) is 8.79. The van der Waals surface area contributed by atoms with Crippen LogP contribution in [0.1, 0.15) is 16.7 Å². The molecule has 18 heavy (non-hydrogen) atoms. The first-order valence-electron chi connectivity index (χ1n) is 5.94. The number of aromatic nitrogens is 1. The number of anilines is 1. The molecule has 0 bridgehead atoms. The molecule has 0 fully saturated rings. The number of nitrogens with zero attached hydrogens (tertiary/aromatic N) is 2. The molecule has 0 aliphatic carbocycles. The van der Waals surface area contributed by atoms with E-state index >= 15 is 0 Å². The van der Waals surface area contributed by atoms with E-state index in [2.05, 4.69) is 47.6 Å². The van der Waals surface area contributed by atoms with Crippen molar-refractivity contribution < 1.29 is 0 Å². The summed E-state index contributed by atoms with van der Waals surface area (Å²) >= 11 is 0. The SMILES string of the molecule is Cc1ccccc1CCNc1ccc(C#N)cn1. The van der Waals surface area contributed by atoms with E-state index < -0.39 is 0 Å². The summed E-state index contributed by atoms with van der Waals surface area (Å²) in [5.41, 5.74) is 3.24. The Bertz CT molecular complexity index is 553. The van der Waals surface area contributed by atoms with Gasteiger partial charge in [0.1, 0.15) is 11.9 Å². The van der Waals surface area contributed by atoms with Crippen LogP contribution in [0.15, 0.2) is 42.6 Å². The fourth-order valence-electron chi connectivity index (χ4n) is 1.78. The summed E-state index contributed by atoms with van der Waals surface area (Å²) in [5.74, 6) is 0.808. The van der Waals surface area contributed by atoms with Gasteiger partial charge in [-0.25, -0.2) is 4.98 Å². The van der Waals surface area contributed by atoms with Crippen LogP contribution in [0.5, 0.6) is 0 Å². The molecule has 1 heterocycles. The minimum Gasteiger partial charge on any atom is -0.370 e. The number of rotatable bonds is 4. The average Bonchev–Trinajstić information content (AvgIpc) is 2.42. The number of hydrogen-bond donors (Lipinski definition) is 1. The maximum absolute atomic E-state index is 8.67. The Kier molecular flexibility index (Phi) is 3.93. The normalized spacial score (nSPS) is 9.78. The monoisotopic (exact) mass is 237 g/mol. The summed E-state index contributed by atoms with van der Waals surface area (Å²) < 4.78 is 0. The lowest BCUT2D eigenvalue weighted by Crippen LogP contribution is -2.06. The highest BCUT2D eigenvalue weighted by molar-refractivity contribution is 5.39. The van der Waals surface area contributed by atoms with E-state index in [0.29, 0.717) is 5.56 Å². The molecule has 0 amide bonds. The summed E-state index contributed by atoms with van der Waals surface area (Å²) in [6, 6.07) is 14.0. The van der Waals surface area contributed by atoms with Crippen LogP contribution < -0.4 is 5.32 Å². The number of benzene rings is 1. The van der Waals surface area contributed by atoms with E-state index in [1.807, 2.05) is 6.07 Å². The minimum absolute atomic E-state index is 0.583. The van der Waals surface area contributed by atoms with E-state index in [0.717, 1.165) is 18.8 Å². The Labute approximate surface area is 107 Å². The predicted octanol–water partition coefficient (Wildman–Crippen LogP) is 2.92. The average molecular weight is 237 g/mol. The van der Waals surface area contributed by atoms with Gasteiger partial charge in [0.15, 0.2) is 0 Å². The van der Waals surface area contributed by atoms with Gasteiger partial charge in [-0.3, -0.25) is 0 Å². The molecule has 0 saturated heterocycles. The van der Waals surface area contributed by atoms with Crippen molar-refractivity contribution in [1.29, 1.82) is 5.26 Å². The van der Waals surface area contributed by atoms with Crippen molar-refractivity contribution in [3.05, 3.63) is 59.3 Å². The van der Waals surface area contributed by atoms with Crippen LogP contribution >= 0.6 is 0 Å². The van der Waals surface area contributed by atoms with Gasteiger partial charge in [0.05, 0.1) is 5.56 Å². The smallest absolute Gasteiger partial charge is 0.125 e. The molecule has 3 heteroatoms. The Morgan fingerprint density at radius 2 is 2.06 bits per heavy atom. The highest BCUT2D eigenvalue weighted by Crippen LogP contribution is 2.09. The lowest BCUT2D eigenvalue weighted by molar-refractivity contribution is 0.993. The van der Waals surface area contributed by atoms with Gasteiger partial charge in [-0.05, 0) is 36.6 Å². The van der Waals surface area contributed by atoms with Crippen LogP contribution in [0.2, 0.25) is 0 Å². The Morgan fingerprint density at radius 3 is 2.72 bits per heavy atom. The first-order valence-corrected chi connectivity index (χ1v) is 5.94. The largest absolute Gasteiger partial charge is 0.370 e. The molecule has 0 unspecified atom stereocenters. The van der Waals surface area contributed by atoms with Gasteiger partial charge in [-0.15, -0.1) is 0 Å². The quantitative estimate of drug-likeness (QED) is 0.889. The van der Waals surface area contributed by atoms with Crippen molar-refractivity contribution in [3.63, 3.8) is 0 Å². The molecule has 0 aliphatic heterocycles. The van der Waals surface area contributed by atoms with Crippen LogP contribution in [0.25, 0.3) is 0 Å². The lowest BCUT2D eigenvalue weighted by Gasteiger charge is -2.07. The molecule has 3 nitrogen and oxygen atoms in total. The standard InChI is InChI=1S/C15H15N3/c1-12-4-2-3-5-14(12)8-9-17-15-7-6-13(10-16)11-18-15/h2-7,11H,8-9H2,1H3,(H,17,18). The fraction of sp³-hybridized carbons (Fsp3) is 0.200. The van der Waals surface area contributed by atoms with Gasteiger partial charge in [0.25, 0.3) is 0 Å². The second-order valence-electron chi connectivity index (χ2n) is 4.15. The van der Waals surface area contributed by atoms with Crippen LogP contribution in [0, 0.1) is 18.3 Å². The number of aryl methyl sites for hydroxylation is 1. The molecule has 1 aromatic carbocycles. The minimum atomic E-state index is 0.583. The first kappa shape index (κ1) is 12.1. The van der Waals surface area contributed by atoms with Crippen LogP contribution in [-0.4, -0.2) is 11.5 Å². The van der Waals surface area contributed by atoms with Crippen molar-refractivity contribution in [2.75, 3.05) is 11.9 Å². The Morgan fingerprint density at radius 1 is 1.22 bits per heavy atom. The van der Waals surface area contributed by atoms with Gasteiger partial charge >= 0.3 is 0 Å². The molecule has 0 atom stereocenters. The summed E-state index contributed by atoms with van der Waals surface area (Å²) in [6.07, 6.45) is 2.55. The molecule has 1 N–H and O–H groups in total. The maximum Gasteiger partial charge on any atom is 0.125 e. The number of nitriles is 1. The molecule has 0 spiro atoms. The van der Waals surface area contributed by atoms with Crippen molar-refractivity contribution in [2.24, 2.45) is 0 Å². The van der Waals surface area contributed by atoms with Gasteiger partial charge in [0, 0.05) is 12.7 Å². The van der Waals surface area contributed by atoms with Gasteiger partial charge in [-0.2, -0.15) is 5.26 Å². The molecule has 2 aromatic rings. The molecule has 0 radical (unpaired) electrons. The highest BCUT2D eigenvalue weighted by atomic mass is 15.0. The van der Waals surface area contributed by atoms with Crippen molar-refractivity contribution in [1.82, 2.24) is 4.98 Å². The van der Waals surface area contributed by atoms with E-state index in [-0.39, 0.29) is 0 Å².